The SMILES string of the molecule is C/C=C(\C=C(/C)Cl)C(/C)=C/C=C(\C)C(=O)O. The molecule has 3 heteroatoms. The van der Waals surface area contributed by atoms with Crippen molar-refractivity contribution >= 4 is 17.6 Å². The smallest absolute Gasteiger partial charge is 0.331 e. The number of allylic oxidation sites excluding steroid dienone is 7. The van der Waals surface area contributed by atoms with Gasteiger partial charge in [0.05, 0.1) is 0 Å². The van der Waals surface area contributed by atoms with E-state index < -0.39 is 5.97 Å². The van der Waals surface area contributed by atoms with Crippen LogP contribution < -0.4 is 0 Å². The Morgan fingerprint density at radius 3 is 2.00 bits per heavy atom. The van der Waals surface area contributed by atoms with Crippen LogP contribution in [0.4, 0.5) is 0 Å². The van der Waals surface area contributed by atoms with Gasteiger partial charge < -0.3 is 5.11 Å². The first-order valence-corrected chi connectivity index (χ1v) is 5.35. The van der Waals surface area contributed by atoms with E-state index in [4.69, 9.17) is 16.7 Å². The predicted octanol–water partition coefficient (Wildman–Crippen LogP) is 4.05. The van der Waals surface area contributed by atoms with Gasteiger partial charge in [-0.15, -0.1) is 0 Å². The lowest BCUT2D eigenvalue weighted by Crippen LogP contribution is -1.95. The Morgan fingerprint density at radius 2 is 1.62 bits per heavy atom. The van der Waals surface area contributed by atoms with Gasteiger partial charge in [0.15, 0.2) is 0 Å². The molecule has 0 aromatic carbocycles. The molecule has 0 rings (SSSR count). The van der Waals surface area contributed by atoms with E-state index in [0.717, 1.165) is 11.1 Å². The minimum Gasteiger partial charge on any atom is -0.478 e. The first kappa shape index (κ1) is 14.7. The molecule has 0 aromatic rings. The van der Waals surface area contributed by atoms with Crippen molar-refractivity contribution in [2.24, 2.45) is 0 Å². The number of hydrogen-bond acceptors (Lipinski definition) is 1. The predicted molar refractivity (Wildman–Crippen MR) is 68.5 cm³/mol. The molecule has 0 spiro atoms. The fourth-order valence-electron chi connectivity index (χ4n) is 1.06. The van der Waals surface area contributed by atoms with Gasteiger partial charge in [-0.1, -0.05) is 29.8 Å². The minimum absolute atomic E-state index is 0.307. The summed E-state index contributed by atoms with van der Waals surface area (Å²) in [5.41, 5.74) is 2.27. The zero-order chi connectivity index (χ0) is 12.7. The number of carboxylic acid groups (broad SMARTS) is 1. The molecule has 0 aliphatic carbocycles. The number of hydrogen-bond donors (Lipinski definition) is 1. The Kier molecular flexibility index (Phi) is 6.50. The molecular formula is C13H17ClO2. The van der Waals surface area contributed by atoms with Gasteiger partial charge in [-0.25, -0.2) is 4.79 Å². The third-order valence-electron chi connectivity index (χ3n) is 2.04. The van der Waals surface area contributed by atoms with E-state index in [1.807, 2.05) is 26.0 Å². The molecule has 0 atom stereocenters. The van der Waals surface area contributed by atoms with Crippen molar-refractivity contribution in [2.45, 2.75) is 27.7 Å². The standard InChI is InChI=1S/C13H17ClO2/c1-5-12(8-11(4)14)9(2)6-7-10(3)13(15)16/h5-8H,1-4H3,(H,15,16)/b9-6+,10-7+,11-8+,12-5+. The lowest BCUT2D eigenvalue weighted by Gasteiger charge is -2.01. The molecule has 0 fully saturated rings. The maximum atomic E-state index is 10.6. The molecule has 0 heterocycles. The molecule has 0 unspecified atom stereocenters. The van der Waals surface area contributed by atoms with Crippen molar-refractivity contribution in [1.29, 1.82) is 0 Å². The Labute approximate surface area is 102 Å². The van der Waals surface area contributed by atoms with Crippen LogP contribution in [0, 0.1) is 0 Å². The quantitative estimate of drug-likeness (QED) is 0.595. The van der Waals surface area contributed by atoms with Crippen LogP contribution in [0.2, 0.25) is 0 Å². The van der Waals surface area contributed by atoms with Crippen LogP contribution in [0.3, 0.4) is 0 Å². The van der Waals surface area contributed by atoms with Crippen LogP contribution >= 0.6 is 11.6 Å². The highest BCUT2D eigenvalue weighted by Crippen LogP contribution is 2.15. The number of aliphatic carboxylic acids is 1. The molecule has 0 aromatic heterocycles. The molecule has 0 bridgehead atoms. The number of halogens is 1. The van der Waals surface area contributed by atoms with Gasteiger partial charge in [0.2, 0.25) is 0 Å². The molecule has 0 saturated carbocycles. The monoisotopic (exact) mass is 240 g/mol. The van der Waals surface area contributed by atoms with Crippen LogP contribution in [0.15, 0.2) is 46.1 Å². The fourth-order valence-corrected chi connectivity index (χ4v) is 1.17. The van der Waals surface area contributed by atoms with Crippen molar-refractivity contribution < 1.29 is 9.90 Å². The zero-order valence-corrected chi connectivity index (χ0v) is 10.8. The summed E-state index contributed by atoms with van der Waals surface area (Å²) in [4.78, 5) is 10.6. The first-order valence-electron chi connectivity index (χ1n) is 4.97. The van der Waals surface area contributed by atoms with Crippen LogP contribution in [-0.4, -0.2) is 11.1 Å². The Hall–Kier alpha value is -1.28. The highest BCUT2D eigenvalue weighted by Gasteiger charge is 1.98. The maximum absolute atomic E-state index is 10.6. The third-order valence-corrected chi connectivity index (χ3v) is 2.15. The van der Waals surface area contributed by atoms with E-state index in [2.05, 4.69) is 0 Å². The van der Waals surface area contributed by atoms with E-state index in [0.29, 0.717) is 10.6 Å². The van der Waals surface area contributed by atoms with Gasteiger partial charge >= 0.3 is 5.97 Å². The number of carbonyl (C=O) groups is 1. The van der Waals surface area contributed by atoms with E-state index in [1.165, 1.54) is 0 Å². The summed E-state index contributed by atoms with van der Waals surface area (Å²) in [6.07, 6.45) is 7.13. The van der Waals surface area contributed by atoms with Gasteiger partial charge in [-0.3, -0.25) is 0 Å². The summed E-state index contributed by atoms with van der Waals surface area (Å²) < 4.78 is 0. The molecule has 16 heavy (non-hydrogen) atoms. The second kappa shape index (κ2) is 7.07. The number of carboxylic acids is 1. The van der Waals surface area contributed by atoms with Gasteiger partial charge in [0.1, 0.15) is 0 Å². The maximum Gasteiger partial charge on any atom is 0.331 e. The van der Waals surface area contributed by atoms with Crippen LogP contribution in [0.1, 0.15) is 27.7 Å². The molecular weight excluding hydrogens is 224 g/mol. The average Bonchev–Trinajstić information content (AvgIpc) is 2.21. The van der Waals surface area contributed by atoms with Crippen molar-refractivity contribution in [1.82, 2.24) is 0 Å². The van der Waals surface area contributed by atoms with Gasteiger partial charge in [0, 0.05) is 10.6 Å². The van der Waals surface area contributed by atoms with E-state index in [1.54, 1.807) is 26.0 Å². The van der Waals surface area contributed by atoms with Crippen molar-refractivity contribution in [3.8, 4) is 0 Å². The molecule has 0 aliphatic heterocycles. The molecule has 0 saturated heterocycles. The highest BCUT2D eigenvalue weighted by atomic mass is 35.5. The summed E-state index contributed by atoms with van der Waals surface area (Å²) in [6.45, 7) is 7.19. The normalized spacial score (nSPS) is 15.3. The molecule has 2 nitrogen and oxygen atoms in total. The second-order valence-electron chi connectivity index (χ2n) is 3.48. The molecule has 0 radical (unpaired) electrons. The molecule has 0 amide bonds. The topological polar surface area (TPSA) is 37.3 Å². The second-order valence-corrected chi connectivity index (χ2v) is 4.08. The summed E-state index contributed by atoms with van der Waals surface area (Å²) in [6, 6.07) is 0. The van der Waals surface area contributed by atoms with Gasteiger partial charge in [0.25, 0.3) is 0 Å². The van der Waals surface area contributed by atoms with Crippen LogP contribution in [-0.2, 0) is 4.79 Å². The lowest BCUT2D eigenvalue weighted by atomic mass is 10.1. The van der Waals surface area contributed by atoms with Crippen molar-refractivity contribution in [2.75, 3.05) is 0 Å². The largest absolute Gasteiger partial charge is 0.478 e. The summed E-state index contributed by atoms with van der Waals surface area (Å²) in [5, 5.41) is 9.39. The van der Waals surface area contributed by atoms with Crippen molar-refractivity contribution in [3.63, 3.8) is 0 Å². The minimum atomic E-state index is -0.907. The number of rotatable bonds is 4. The van der Waals surface area contributed by atoms with Gasteiger partial charge in [-0.05, 0) is 44.9 Å². The van der Waals surface area contributed by atoms with Crippen LogP contribution in [0.25, 0.3) is 0 Å². The average molecular weight is 241 g/mol. The highest BCUT2D eigenvalue weighted by molar-refractivity contribution is 6.29. The Bertz CT molecular complexity index is 381. The van der Waals surface area contributed by atoms with E-state index in [9.17, 15) is 4.79 Å². The fraction of sp³-hybridized carbons (Fsp3) is 0.308. The molecule has 1 N–H and O–H groups in total. The molecule has 0 aliphatic rings. The Balaban J connectivity index is 4.99. The summed E-state index contributed by atoms with van der Waals surface area (Å²) in [7, 11) is 0. The third kappa shape index (κ3) is 5.56. The zero-order valence-electron chi connectivity index (χ0n) is 10.0. The van der Waals surface area contributed by atoms with Crippen LogP contribution in [0.5, 0.6) is 0 Å². The van der Waals surface area contributed by atoms with E-state index >= 15 is 0 Å². The van der Waals surface area contributed by atoms with Crippen molar-refractivity contribution in [3.05, 3.63) is 46.1 Å². The lowest BCUT2D eigenvalue weighted by molar-refractivity contribution is -0.132. The Morgan fingerprint density at radius 1 is 1.12 bits per heavy atom. The summed E-state index contributed by atoms with van der Waals surface area (Å²) >= 11 is 5.79. The molecule has 88 valence electrons. The van der Waals surface area contributed by atoms with Gasteiger partial charge in [-0.2, -0.15) is 0 Å². The first-order chi connectivity index (χ1) is 7.38. The van der Waals surface area contributed by atoms with E-state index in [-0.39, 0.29) is 0 Å². The summed E-state index contributed by atoms with van der Waals surface area (Å²) in [5.74, 6) is -0.907.